The highest BCUT2D eigenvalue weighted by atomic mass is 79.9. The fourth-order valence-corrected chi connectivity index (χ4v) is 3.59. The molecule has 0 aliphatic carbocycles. The highest BCUT2D eigenvalue weighted by Gasteiger charge is 2.51. The lowest BCUT2D eigenvalue weighted by Gasteiger charge is -2.26. The Kier molecular flexibility index (Phi) is 5.02. The topological polar surface area (TPSA) is 60.8 Å². The second-order valence-electron chi connectivity index (χ2n) is 6.02. The van der Waals surface area contributed by atoms with Crippen LogP contribution in [0.4, 0.5) is 0 Å². The van der Waals surface area contributed by atoms with Gasteiger partial charge in [-0.3, -0.25) is 0 Å². The Morgan fingerprint density at radius 3 is 2.84 bits per heavy atom. The Labute approximate surface area is 159 Å². The summed E-state index contributed by atoms with van der Waals surface area (Å²) in [5, 5.41) is 5.57. The number of esters is 1. The molecule has 2 atom stereocenters. The molecule has 0 amide bonds. The number of pyridine rings is 1. The molecule has 1 aromatic carbocycles. The molecule has 2 unspecified atom stereocenters. The Morgan fingerprint density at radius 1 is 1.40 bits per heavy atom. The fraction of sp³-hybridized carbons (Fsp3) is 0.389. The zero-order chi connectivity index (χ0) is 18.2. The second-order valence-corrected chi connectivity index (χ2v) is 7.24. The number of carbonyl (C=O) groups is 1. The van der Waals surface area contributed by atoms with Crippen LogP contribution in [0.1, 0.15) is 32.8 Å². The minimum Gasteiger partial charge on any atom is -0.463 e. The van der Waals surface area contributed by atoms with Crippen molar-refractivity contribution < 1.29 is 14.4 Å². The van der Waals surface area contributed by atoms with Gasteiger partial charge in [-0.05, 0) is 54.4 Å². The van der Waals surface area contributed by atoms with Gasteiger partial charge in [-0.1, -0.05) is 29.7 Å². The SMILES string of the molecule is CCOC(=O)C1(C)ON=C(c2ccc3nc(Cl)c(Br)cc3c2)C1CC. The first-order valence-electron chi connectivity index (χ1n) is 8.10. The predicted octanol–water partition coefficient (Wildman–Crippen LogP) is 4.73. The van der Waals surface area contributed by atoms with Gasteiger partial charge in [0, 0.05) is 10.9 Å². The predicted molar refractivity (Wildman–Crippen MR) is 101 cm³/mol. The number of ether oxygens (including phenoxy) is 1. The van der Waals surface area contributed by atoms with Crippen molar-refractivity contribution in [3.8, 4) is 0 Å². The van der Waals surface area contributed by atoms with Gasteiger partial charge < -0.3 is 9.57 Å². The maximum atomic E-state index is 12.4. The van der Waals surface area contributed by atoms with Crippen molar-refractivity contribution >= 4 is 50.1 Å². The average molecular weight is 426 g/mol. The van der Waals surface area contributed by atoms with E-state index in [1.807, 2.05) is 31.2 Å². The van der Waals surface area contributed by atoms with Gasteiger partial charge in [-0.2, -0.15) is 0 Å². The monoisotopic (exact) mass is 424 g/mol. The number of aromatic nitrogens is 1. The van der Waals surface area contributed by atoms with E-state index in [4.69, 9.17) is 21.2 Å². The third-order valence-corrected chi connectivity index (χ3v) is 5.56. The number of hydrogen-bond acceptors (Lipinski definition) is 5. The summed E-state index contributed by atoms with van der Waals surface area (Å²) in [6, 6.07) is 7.70. The molecule has 0 N–H and O–H groups in total. The summed E-state index contributed by atoms with van der Waals surface area (Å²) in [5.74, 6) is -0.578. The standard InChI is InChI=1S/C18H18BrClN2O3/c1-4-12-15(22-25-18(12,3)17(23)24-5-2)10-6-7-14-11(8-10)9-13(19)16(20)21-14/h6-9,12H,4-5H2,1-3H3. The maximum absolute atomic E-state index is 12.4. The Morgan fingerprint density at radius 2 is 2.16 bits per heavy atom. The molecule has 1 aromatic heterocycles. The van der Waals surface area contributed by atoms with Crippen LogP contribution >= 0.6 is 27.5 Å². The minimum atomic E-state index is -1.10. The van der Waals surface area contributed by atoms with Crippen LogP contribution in [0.15, 0.2) is 33.9 Å². The number of benzene rings is 1. The van der Waals surface area contributed by atoms with E-state index in [2.05, 4.69) is 26.1 Å². The van der Waals surface area contributed by atoms with E-state index in [9.17, 15) is 4.79 Å². The number of hydrogen-bond donors (Lipinski definition) is 0. The third kappa shape index (κ3) is 3.13. The van der Waals surface area contributed by atoms with Crippen molar-refractivity contribution in [1.82, 2.24) is 4.98 Å². The summed E-state index contributed by atoms with van der Waals surface area (Å²) >= 11 is 9.44. The van der Waals surface area contributed by atoms with E-state index in [1.165, 1.54) is 0 Å². The van der Waals surface area contributed by atoms with Gasteiger partial charge in [0.2, 0.25) is 5.60 Å². The minimum absolute atomic E-state index is 0.187. The molecule has 0 fully saturated rings. The molecule has 0 bridgehead atoms. The van der Waals surface area contributed by atoms with Gasteiger partial charge in [-0.25, -0.2) is 9.78 Å². The van der Waals surface area contributed by atoms with E-state index >= 15 is 0 Å². The molecule has 1 aliphatic heterocycles. The number of oxime groups is 1. The smallest absolute Gasteiger partial charge is 0.353 e. The van der Waals surface area contributed by atoms with Gasteiger partial charge in [0.1, 0.15) is 5.15 Å². The van der Waals surface area contributed by atoms with Gasteiger partial charge in [-0.15, -0.1) is 0 Å². The molecule has 7 heteroatoms. The molecular formula is C18H18BrClN2O3. The zero-order valence-electron chi connectivity index (χ0n) is 14.2. The van der Waals surface area contributed by atoms with E-state index < -0.39 is 11.6 Å². The van der Waals surface area contributed by atoms with Crippen molar-refractivity contribution in [2.24, 2.45) is 11.1 Å². The molecule has 2 heterocycles. The van der Waals surface area contributed by atoms with Crippen LogP contribution in [0.3, 0.4) is 0 Å². The number of halogens is 2. The van der Waals surface area contributed by atoms with Crippen molar-refractivity contribution in [2.45, 2.75) is 32.8 Å². The highest BCUT2D eigenvalue weighted by Crippen LogP contribution is 2.37. The molecule has 0 radical (unpaired) electrons. The molecule has 0 saturated carbocycles. The van der Waals surface area contributed by atoms with E-state index in [1.54, 1.807) is 13.8 Å². The Hall–Kier alpha value is -1.66. The van der Waals surface area contributed by atoms with Crippen molar-refractivity contribution in [2.75, 3.05) is 6.61 Å². The van der Waals surface area contributed by atoms with Crippen LogP contribution in [0.2, 0.25) is 5.15 Å². The number of rotatable bonds is 4. The maximum Gasteiger partial charge on any atom is 0.353 e. The molecule has 1 aliphatic rings. The summed E-state index contributed by atoms with van der Waals surface area (Å²) in [7, 11) is 0. The second kappa shape index (κ2) is 6.92. The van der Waals surface area contributed by atoms with Crippen molar-refractivity contribution in [1.29, 1.82) is 0 Å². The highest BCUT2D eigenvalue weighted by molar-refractivity contribution is 9.10. The van der Waals surface area contributed by atoms with Gasteiger partial charge in [0.25, 0.3) is 0 Å². The molecule has 0 saturated heterocycles. The lowest BCUT2D eigenvalue weighted by molar-refractivity contribution is -0.170. The summed E-state index contributed by atoms with van der Waals surface area (Å²) in [5.41, 5.74) is 1.32. The summed E-state index contributed by atoms with van der Waals surface area (Å²) in [6.07, 6.45) is 0.703. The van der Waals surface area contributed by atoms with Gasteiger partial charge >= 0.3 is 5.97 Å². The third-order valence-electron chi connectivity index (χ3n) is 4.44. The number of carbonyl (C=O) groups excluding carboxylic acids is 1. The lowest BCUT2D eigenvalue weighted by atomic mass is 9.81. The van der Waals surface area contributed by atoms with Crippen LogP contribution in [-0.2, 0) is 14.4 Å². The van der Waals surface area contributed by atoms with E-state index in [-0.39, 0.29) is 5.92 Å². The molecule has 3 rings (SSSR count). The molecule has 5 nitrogen and oxygen atoms in total. The lowest BCUT2D eigenvalue weighted by Crippen LogP contribution is -2.45. The summed E-state index contributed by atoms with van der Waals surface area (Å²) < 4.78 is 5.90. The first-order chi connectivity index (χ1) is 11.9. The first-order valence-corrected chi connectivity index (χ1v) is 9.27. The molecular weight excluding hydrogens is 408 g/mol. The zero-order valence-corrected chi connectivity index (χ0v) is 16.5. The Balaban J connectivity index is 2.00. The van der Waals surface area contributed by atoms with Gasteiger partial charge in [0.15, 0.2) is 0 Å². The quantitative estimate of drug-likeness (QED) is 0.525. The average Bonchev–Trinajstić information content (AvgIpc) is 2.93. The normalized spacial score (nSPS) is 22.6. The van der Waals surface area contributed by atoms with Crippen LogP contribution in [0, 0.1) is 5.92 Å². The Bertz CT molecular complexity index is 871. The molecule has 25 heavy (non-hydrogen) atoms. The summed E-state index contributed by atoms with van der Waals surface area (Å²) in [4.78, 5) is 22.2. The van der Waals surface area contributed by atoms with Crippen LogP contribution in [-0.4, -0.2) is 28.9 Å². The van der Waals surface area contributed by atoms with Gasteiger partial charge in [0.05, 0.1) is 28.2 Å². The number of fused-ring (bicyclic) bond motifs is 1. The van der Waals surface area contributed by atoms with Crippen LogP contribution in [0.25, 0.3) is 10.9 Å². The first kappa shape index (κ1) is 18.1. The van der Waals surface area contributed by atoms with Crippen LogP contribution in [0.5, 0.6) is 0 Å². The largest absolute Gasteiger partial charge is 0.463 e. The number of nitrogens with zero attached hydrogens (tertiary/aromatic N) is 2. The van der Waals surface area contributed by atoms with E-state index in [0.717, 1.165) is 26.7 Å². The van der Waals surface area contributed by atoms with Crippen molar-refractivity contribution in [3.05, 3.63) is 39.5 Å². The fourth-order valence-electron chi connectivity index (χ4n) is 3.11. The summed E-state index contributed by atoms with van der Waals surface area (Å²) in [6.45, 7) is 5.82. The van der Waals surface area contributed by atoms with Crippen LogP contribution < -0.4 is 0 Å². The van der Waals surface area contributed by atoms with Crippen molar-refractivity contribution in [3.63, 3.8) is 0 Å². The molecule has 132 valence electrons. The molecule has 2 aromatic rings. The molecule has 0 spiro atoms. The van der Waals surface area contributed by atoms with E-state index in [0.29, 0.717) is 18.2 Å².